The summed E-state index contributed by atoms with van der Waals surface area (Å²) in [5, 5.41) is 14.0. The number of nitrogens with zero attached hydrogens (tertiary/aromatic N) is 1. The van der Waals surface area contributed by atoms with Crippen LogP contribution in [0.1, 0.15) is 56.1 Å². The Labute approximate surface area is 193 Å². The molecule has 4 heteroatoms. The van der Waals surface area contributed by atoms with Gasteiger partial charge in [-0.05, 0) is 82.2 Å². The number of carbonyl (C=O) groups excluding carboxylic acids is 1. The van der Waals surface area contributed by atoms with Gasteiger partial charge in [0.05, 0.1) is 12.6 Å². The molecule has 1 aromatic rings. The van der Waals surface area contributed by atoms with Crippen LogP contribution < -0.4 is 5.32 Å². The van der Waals surface area contributed by atoms with Crippen molar-refractivity contribution in [2.75, 3.05) is 26.2 Å². The van der Waals surface area contributed by atoms with Crippen molar-refractivity contribution in [1.29, 1.82) is 0 Å². The quantitative estimate of drug-likeness (QED) is 0.445. The fourth-order valence-electron chi connectivity index (χ4n) is 5.86. The van der Waals surface area contributed by atoms with Gasteiger partial charge in [-0.1, -0.05) is 53.6 Å². The summed E-state index contributed by atoms with van der Waals surface area (Å²) in [6.45, 7) is 5.32. The molecule has 4 atom stereocenters. The molecule has 0 spiro atoms. The standard InChI is InChI=1S/C28H40N2O2/c1-21-8-7-10-22(16-21)9-3-4-11-25-26-18-23(17-24(26)19-27(25)31)12-13-29-20-28(32)30-14-5-2-6-15-30/h4,7-8,10-11,16-17,24-27,29,31H,2-3,5-6,9,12-15,18-20H2,1H3/b11-4+/t24-,25+,26-,27+/m0/s1. The summed E-state index contributed by atoms with van der Waals surface area (Å²) in [7, 11) is 0. The van der Waals surface area contributed by atoms with Gasteiger partial charge in [0.25, 0.3) is 0 Å². The number of nitrogens with one attached hydrogen (secondary N) is 1. The number of hydrogen-bond donors (Lipinski definition) is 2. The highest BCUT2D eigenvalue weighted by Crippen LogP contribution is 2.47. The zero-order valence-corrected chi connectivity index (χ0v) is 19.6. The maximum Gasteiger partial charge on any atom is 0.236 e. The van der Waals surface area contributed by atoms with E-state index in [1.807, 2.05) is 4.90 Å². The molecule has 1 aromatic carbocycles. The number of aryl methyl sites for hydroxylation is 2. The summed E-state index contributed by atoms with van der Waals surface area (Å²) in [5.41, 5.74) is 4.20. The van der Waals surface area contributed by atoms with E-state index in [0.717, 1.165) is 64.6 Å². The average molecular weight is 437 g/mol. The van der Waals surface area contributed by atoms with E-state index in [9.17, 15) is 9.90 Å². The molecule has 32 heavy (non-hydrogen) atoms. The number of hydrogen-bond acceptors (Lipinski definition) is 3. The third-order valence-corrected chi connectivity index (χ3v) is 7.60. The van der Waals surface area contributed by atoms with Crippen molar-refractivity contribution in [3.8, 4) is 0 Å². The van der Waals surface area contributed by atoms with Crippen LogP contribution in [0, 0.1) is 24.7 Å². The van der Waals surface area contributed by atoms with E-state index in [1.54, 1.807) is 0 Å². The summed E-state index contributed by atoms with van der Waals surface area (Å²) < 4.78 is 0. The Morgan fingerprint density at radius 3 is 2.88 bits per heavy atom. The lowest BCUT2D eigenvalue weighted by Crippen LogP contribution is -2.41. The molecule has 2 fully saturated rings. The number of amides is 1. The van der Waals surface area contributed by atoms with Crippen LogP contribution in [0.3, 0.4) is 0 Å². The van der Waals surface area contributed by atoms with E-state index in [4.69, 9.17) is 0 Å². The fourth-order valence-corrected chi connectivity index (χ4v) is 5.86. The van der Waals surface area contributed by atoms with Crippen molar-refractivity contribution < 1.29 is 9.90 Å². The van der Waals surface area contributed by atoms with Crippen LogP contribution in [0.2, 0.25) is 0 Å². The molecular weight excluding hydrogens is 396 g/mol. The molecule has 4 rings (SSSR count). The molecule has 1 amide bonds. The Kier molecular flexibility index (Phi) is 8.20. The molecule has 0 radical (unpaired) electrons. The smallest absolute Gasteiger partial charge is 0.236 e. The van der Waals surface area contributed by atoms with Gasteiger partial charge in [-0.2, -0.15) is 0 Å². The zero-order valence-electron chi connectivity index (χ0n) is 19.6. The maximum atomic E-state index is 12.3. The van der Waals surface area contributed by atoms with Crippen molar-refractivity contribution in [2.24, 2.45) is 17.8 Å². The van der Waals surface area contributed by atoms with Gasteiger partial charge < -0.3 is 15.3 Å². The summed E-state index contributed by atoms with van der Waals surface area (Å²) in [6, 6.07) is 8.73. The van der Waals surface area contributed by atoms with E-state index >= 15 is 0 Å². The molecule has 4 nitrogen and oxygen atoms in total. The van der Waals surface area contributed by atoms with Crippen molar-refractivity contribution in [3.63, 3.8) is 0 Å². The number of benzene rings is 1. The van der Waals surface area contributed by atoms with Crippen molar-refractivity contribution in [3.05, 3.63) is 59.2 Å². The second kappa shape index (κ2) is 11.3. The van der Waals surface area contributed by atoms with E-state index in [-0.39, 0.29) is 17.9 Å². The molecule has 0 unspecified atom stereocenters. The molecule has 2 aliphatic carbocycles. The van der Waals surface area contributed by atoms with E-state index < -0.39 is 0 Å². The van der Waals surface area contributed by atoms with Crippen molar-refractivity contribution >= 4 is 5.91 Å². The zero-order chi connectivity index (χ0) is 22.3. The van der Waals surface area contributed by atoms with Crippen LogP contribution in [0.4, 0.5) is 0 Å². The molecule has 3 aliphatic rings. The predicted octanol–water partition coefficient (Wildman–Crippen LogP) is 4.42. The largest absolute Gasteiger partial charge is 0.392 e. The second-order valence-corrected chi connectivity index (χ2v) is 10.1. The van der Waals surface area contributed by atoms with E-state index in [1.165, 1.54) is 23.1 Å². The highest BCUT2D eigenvalue weighted by Gasteiger charge is 2.43. The predicted molar refractivity (Wildman–Crippen MR) is 130 cm³/mol. The van der Waals surface area contributed by atoms with Gasteiger partial charge in [-0.25, -0.2) is 0 Å². The molecule has 1 saturated heterocycles. The summed E-state index contributed by atoms with van der Waals surface area (Å²) in [5.74, 6) is 1.59. The second-order valence-electron chi connectivity index (χ2n) is 10.1. The first kappa shape index (κ1) is 23.3. The van der Waals surface area contributed by atoms with Gasteiger partial charge >= 0.3 is 0 Å². The van der Waals surface area contributed by atoms with E-state index in [0.29, 0.717) is 18.4 Å². The average Bonchev–Trinajstić information content (AvgIpc) is 3.31. The Balaban J connectivity index is 1.17. The third kappa shape index (κ3) is 6.11. The van der Waals surface area contributed by atoms with Crippen molar-refractivity contribution in [2.45, 2.75) is 64.4 Å². The van der Waals surface area contributed by atoms with Gasteiger partial charge in [0.1, 0.15) is 0 Å². The van der Waals surface area contributed by atoms with Gasteiger partial charge in [0.15, 0.2) is 0 Å². The topological polar surface area (TPSA) is 52.6 Å². The molecule has 1 saturated carbocycles. The summed E-state index contributed by atoms with van der Waals surface area (Å²) in [6.07, 6.45) is 15.4. The minimum Gasteiger partial charge on any atom is -0.392 e. The Morgan fingerprint density at radius 2 is 2.06 bits per heavy atom. The third-order valence-electron chi connectivity index (χ3n) is 7.60. The Hall–Kier alpha value is -1.91. The highest BCUT2D eigenvalue weighted by molar-refractivity contribution is 5.78. The van der Waals surface area contributed by atoms with Crippen LogP contribution in [-0.4, -0.2) is 48.2 Å². The Bertz CT molecular complexity index is 824. The van der Waals surface area contributed by atoms with E-state index in [2.05, 4.69) is 54.7 Å². The van der Waals surface area contributed by atoms with Crippen LogP contribution in [0.15, 0.2) is 48.1 Å². The number of fused-ring (bicyclic) bond motifs is 1. The van der Waals surface area contributed by atoms with Crippen LogP contribution in [-0.2, 0) is 11.2 Å². The number of likely N-dealkylation sites (tertiary alicyclic amines) is 1. The minimum atomic E-state index is -0.210. The van der Waals surface area contributed by atoms with Gasteiger partial charge in [-0.3, -0.25) is 4.79 Å². The number of carbonyl (C=O) groups is 1. The molecule has 0 bridgehead atoms. The molecular formula is C28H40N2O2. The molecule has 174 valence electrons. The first-order chi connectivity index (χ1) is 15.6. The van der Waals surface area contributed by atoms with Crippen molar-refractivity contribution in [1.82, 2.24) is 10.2 Å². The number of allylic oxidation sites excluding steroid dienone is 2. The van der Waals surface area contributed by atoms with Gasteiger partial charge in [0.2, 0.25) is 5.91 Å². The summed E-state index contributed by atoms with van der Waals surface area (Å²) >= 11 is 0. The fraction of sp³-hybridized carbons (Fsp3) is 0.607. The van der Waals surface area contributed by atoms with Crippen LogP contribution in [0.5, 0.6) is 0 Å². The Morgan fingerprint density at radius 1 is 1.22 bits per heavy atom. The van der Waals surface area contributed by atoms with Crippen LogP contribution >= 0.6 is 0 Å². The maximum absolute atomic E-state index is 12.3. The monoisotopic (exact) mass is 436 g/mol. The number of aliphatic hydroxyl groups is 1. The van der Waals surface area contributed by atoms with Crippen LogP contribution in [0.25, 0.3) is 0 Å². The lowest BCUT2D eigenvalue weighted by molar-refractivity contribution is -0.131. The molecule has 0 aromatic heterocycles. The lowest BCUT2D eigenvalue weighted by Gasteiger charge is -2.26. The minimum absolute atomic E-state index is 0.210. The molecule has 1 aliphatic heterocycles. The molecule has 1 heterocycles. The first-order valence-electron chi connectivity index (χ1n) is 12.7. The lowest BCUT2D eigenvalue weighted by atomic mass is 9.89. The summed E-state index contributed by atoms with van der Waals surface area (Å²) in [4.78, 5) is 14.3. The number of piperidine rings is 1. The highest BCUT2D eigenvalue weighted by atomic mass is 16.3. The number of rotatable bonds is 9. The SMILES string of the molecule is Cc1cccc(CC/C=C/[C@@H]2[C@H]3CC(CCNCC(=O)N4CCCCC4)=C[C@H]3C[C@H]2O)c1. The first-order valence-corrected chi connectivity index (χ1v) is 12.7. The normalized spacial score (nSPS) is 27.7. The van der Waals surface area contributed by atoms with Gasteiger partial charge in [-0.15, -0.1) is 0 Å². The number of aliphatic hydroxyl groups excluding tert-OH is 1. The molecule has 2 N–H and O–H groups in total. The van der Waals surface area contributed by atoms with Gasteiger partial charge in [0, 0.05) is 19.0 Å².